The molecule has 0 radical (unpaired) electrons. The van der Waals surface area contributed by atoms with E-state index in [1.165, 1.54) is 0 Å². The molecule has 0 bridgehead atoms. The molecule has 0 atom stereocenters. The molecule has 0 aliphatic heterocycles. The Kier molecular flexibility index (Phi) is 5.43. The molecule has 3 N–H and O–H groups in total. The number of aromatic nitrogens is 1. The molecule has 1 aromatic carbocycles. The molecule has 0 spiro atoms. The molecule has 2 heterocycles. The van der Waals surface area contributed by atoms with E-state index in [-0.39, 0.29) is 40.6 Å². The quantitative estimate of drug-likeness (QED) is 0.631. The molecule has 0 aliphatic carbocycles. The molecule has 27 heavy (non-hydrogen) atoms. The molecule has 0 amide bonds. The zero-order chi connectivity index (χ0) is 19.4. The number of carbonyl (C=O) groups is 2. The zero-order valence-corrected chi connectivity index (χ0v) is 15.4. The number of aromatic amines is 1. The van der Waals surface area contributed by atoms with E-state index in [2.05, 4.69) is 4.98 Å². The number of nitrogens with zero attached hydrogens (tertiary/aromatic N) is 1. The molecular weight excluding hydrogens is 366 g/mol. The average molecular weight is 383 g/mol. The fourth-order valence-corrected chi connectivity index (χ4v) is 3.66. The first-order chi connectivity index (χ1) is 13.0. The molecule has 0 saturated heterocycles. The first kappa shape index (κ1) is 18.5. The van der Waals surface area contributed by atoms with Gasteiger partial charge in [-0.1, -0.05) is 18.2 Å². The van der Waals surface area contributed by atoms with Gasteiger partial charge in [0.25, 0.3) is 0 Å². The van der Waals surface area contributed by atoms with Crippen molar-refractivity contribution in [2.45, 2.75) is 20.0 Å². The Morgan fingerprint density at radius 1 is 1.30 bits per heavy atom. The topological polar surface area (TPSA) is 118 Å². The van der Waals surface area contributed by atoms with Crippen molar-refractivity contribution in [1.82, 2.24) is 4.98 Å². The number of nitrogens with one attached hydrogen (secondary N) is 1. The maximum Gasteiger partial charge on any atom is 0.348 e. The van der Waals surface area contributed by atoms with Crippen LogP contribution in [-0.4, -0.2) is 23.5 Å². The highest BCUT2D eigenvalue weighted by Gasteiger charge is 2.24. The summed E-state index contributed by atoms with van der Waals surface area (Å²) < 4.78 is 10.3. The summed E-state index contributed by atoms with van der Waals surface area (Å²) in [5, 5.41) is 10.4. The standard InChI is InChI=1S/C19H17N3O4S/c1-2-25-19(24)17-14(13(8-20)18(21)27-17)10-26-16(23)7-11-9-22-15-6-4-3-5-12(11)15/h3-6,9,22H,2,7,10,21H2,1H3. The summed E-state index contributed by atoms with van der Waals surface area (Å²) in [4.78, 5) is 27.6. The van der Waals surface area contributed by atoms with E-state index in [9.17, 15) is 14.9 Å². The summed E-state index contributed by atoms with van der Waals surface area (Å²) >= 11 is 0.957. The van der Waals surface area contributed by atoms with Crippen LogP contribution in [-0.2, 0) is 27.3 Å². The van der Waals surface area contributed by atoms with E-state index in [4.69, 9.17) is 15.2 Å². The maximum atomic E-state index is 12.3. The summed E-state index contributed by atoms with van der Waals surface area (Å²) in [5.74, 6) is -1.05. The Hall–Kier alpha value is -3.31. The number of nitrogens with two attached hydrogens (primary N) is 1. The number of hydrogen-bond acceptors (Lipinski definition) is 7. The first-order valence-electron chi connectivity index (χ1n) is 8.24. The lowest BCUT2D eigenvalue weighted by Crippen LogP contribution is -2.11. The number of anilines is 1. The molecule has 0 aliphatic rings. The Morgan fingerprint density at radius 3 is 2.81 bits per heavy atom. The van der Waals surface area contributed by atoms with Gasteiger partial charge in [0, 0.05) is 22.7 Å². The highest BCUT2D eigenvalue weighted by molar-refractivity contribution is 7.18. The van der Waals surface area contributed by atoms with E-state index in [1.54, 1.807) is 13.1 Å². The van der Waals surface area contributed by atoms with E-state index in [1.807, 2.05) is 30.3 Å². The number of esters is 2. The smallest absolute Gasteiger partial charge is 0.348 e. The predicted molar refractivity (Wildman–Crippen MR) is 101 cm³/mol. The van der Waals surface area contributed by atoms with Gasteiger partial charge < -0.3 is 20.2 Å². The SMILES string of the molecule is CCOC(=O)c1sc(N)c(C#N)c1COC(=O)Cc1c[nH]c2ccccc12. The molecule has 0 fully saturated rings. The number of para-hydroxylation sites is 1. The normalized spacial score (nSPS) is 10.5. The van der Waals surface area contributed by atoms with Crippen LogP contribution in [0.5, 0.6) is 0 Å². The summed E-state index contributed by atoms with van der Waals surface area (Å²) in [6.45, 7) is 1.66. The lowest BCUT2D eigenvalue weighted by molar-refractivity contribution is -0.144. The summed E-state index contributed by atoms with van der Waals surface area (Å²) in [6.07, 6.45) is 1.83. The first-order valence-corrected chi connectivity index (χ1v) is 9.05. The minimum absolute atomic E-state index is 0.0697. The second kappa shape index (κ2) is 7.93. The molecule has 3 rings (SSSR count). The van der Waals surface area contributed by atoms with Crippen molar-refractivity contribution in [3.8, 4) is 6.07 Å². The third-order valence-electron chi connectivity index (χ3n) is 3.99. The van der Waals surface area contributed by atoms with Crippen LogP contribution in [0.1, 0.15) is 33.3 Å². The van der Waals surface area contributed by atoms with E-state index in [0.29, 0.717) is 0 Å². The van der Waals surface area contributed by atoms with Crippen molar-refractivity contribution in [3.63, 3.8) is 0 Å². The van der Waals surface area contributed by atoms with Gasteiger partial charge in [-0.15, -0.1) is 11.3 Å². The summed E-state index contributed by atoms with van der Waals surface area (Å²) in [6, 6.07) is 9.59. The third kappa shape index (κ3) is 3.78. The minimum atomic E-state index is -0.585. The van der Waals surface area contributed by atoms with Crippen LogP contribution in [0.3, 0.4) is 0 Å². The van der Waals surface area contributed by atoms with Gasteiger partial charge in [0.05, 0.1) is 18.6 Å². The molecular formula is C19H17N3O4S. The highest BCUT2D eigenvalue weighted by Crippen LogP contribution is 2.32. The second-order valence-corrected chi connectivity index (χ2v) is 6.73. The van der Waals surface area contributed by atoms with Crippen molar-refractivity contribution < 1.29 is 19.1 Å². The van der Waals surface area contributed by atoms with Gasteiger partial charge in [0.1, 0.15) is 22.6 Å². The van der Waals surface area contributed by atoms with E-state index < -0.39 is 11.9 Å². The number of ether oxygens (including phenoxy) is 2. The number of carbonyl (C=O) groups excluding carboxylic acids is 2. The molecule has 0 unspecified atom stereocenters. The lowest BCUT2D eigenvalue weighted by atomic mass is 10.1. The average Bonchev–Trinajstić information content (AvgIpc) is 3.21. The van der Waals surface area contributed by atoms with Crippen molar-refractivity contribution in [1.29, 1.82) is 5.26 Å². The number of thiophene rings is 1. The Bertz CT molecular complexity index is 1050. The Balaban J connectivity index is 1.75. The molecule has 7 nitrogen and oxygen atoms in total. The van der Waals surface area contributed by atoms with Crippen molar-refractivity contribution >= 4 is 39.2 Å². The van der Waals surface area contributed by atoms with Crippen LogP contribution in [0.15, 0.2) is 30.5 Å². The largest absolute Gasteiger partial charge is 0.462 e. The van der Waals surface area contributed by atoms with Gasteiger partial charge >= 0.3 is 11.9 Å². The van der Waals surface area contributed by atoms with Crippen LogP contribution < -0.4 is 5.73 Å². The van der Waals surface area contributed by atoms with Gasteiger partial charge in [0.2, 0.25) is 0 Å². The highest BCUT2D eigenvalue weighted by atomic mass is 32.1. The monoisotopic (exact) mass is 383 g/mol. The number of benzene rings is 1. The number of nitrogen functional groups attached to an aromatic ring is 1. The van der Waals surface area contributed by atoms with Crippen molar-refractivity contribution in [2.75, 3.05) is 12.3 Å². The Labute approximate surface area is 159 Å². The van der Waals surface area contributed by atoms with Crippen LogP contribution in [0.25, 0.3) is 10.9 Å². The van der Waals surface area contributed by atoms with Gasteiger partial charge in [0.15, 0.2) is 0 Å². The summed E-state index contributed by atoms with van der Waals surface area (Å²) in [5.41, 5.74) is 7.98. The number of nitriles is 1. The van der Waals surface area contributed by atoms with Crippen LogP contribution in [0, 0.1) is 11.3 Å². The second-order valence-electron chi connectivity index (χ2n) is 5.68. The fourth-order valence-electron chi connectivity index (χ4n) is 2.74. The molecule has 3 aromatic rings. The zero-order valence-electron chi connectivity index (χ0n) is 14.6. The van der Waals surface area contributed by atoms with Gasteiger partial charge in [-0.25, -0.2) is 4.79 Å². The number of H-pyrrole nitrogens is 1. The molecule has 138 valence electrons. The van der Waals surface area contributed by atoms with Gasteiger partial charge in [-0.3, -0.25) is 4.79 Å². The minimum Gasteiger partial charge on any atom is -0.462 e. The Morgan fingerprint density at radius 2 is 2.07 bits per heavy atom. The third-order valence-corrected chi connectivity index (χ3v) is 5.04. The van der Waals surface area contributed by atoms with E-state index >= 15 is 0 Å². The maximum absolute atomic E-state index is 12.3. The number of rotatable bonds is 6. The van der Waals surface area contributed by atoms with Crippen LogP contribution in [0.2, 0.25) is 0 Å². The lowest BCUT2D eigenvalue weighted by Gasteiger charge is -2.06. The van der Waals surface area contributed by atoms with Crippen molar-refractivity contribution in [3.05, 3.63) is 52.0 Å². The molecule has 8 heteroatoms. The number of hydrogen-bond donors (Lipinski definition) is 2. The van der Waals surface area contributed by atoms with Gasteiger partial charge in [-0.05, 0) is 18.6 Å². The molecule has 2 aromatic heterocycles. The summed E-state index contributed by atoms with van der Waals surface area (Å²) in [7, 11) is 0. The van der Waals surface area contributed by atoms with Crippen LogP contribution >= 0.6 is 11.3 Å². The number of fused-ring (bicyclic) bond motifs is 1. The van der Waals surface area contributed by atoms with Gasteiger partial charge in [-0.2, -0.15) is 5.26 Å². The van der Waals surface area contributed by atoms with Crippen LogP contribution in [0.4, 0.5) is 5.00 Å². The molecule has 0 saturated carbocycles. The fraction of sp³-hybridized carbons (Fsp3) is 0.211. The van der Waals surface area contributed by atoms with Crippen molar-refractivity contribution in [2.24, 2.45) is 0 Å². The predicted octanol–water partition coefficient (Wildman–Crippen LogP) is 3.15. The van der Waals surface area contributed by atoms with E-state index in [0.717, 1.165) is 27.8 Å².